The topological polar surface area (TPSA) is 132 Å². The molecule has 3 heterocycles. The first kappa shape index (κ1) is 18.5. The maximum Gasteiger partial charge on any atom is 0.250 e. The molecule has 1 aliphatic heterocycles. The van der Waals surface area contributed by atoms with E-state index in [1.807, 2.05) is 6.07 Å². The SMILES string of the molecule is NC(=O)c1ccccc1NC(=O)C1CCN(c2cc(-n3cncn3)ncn2)CC1. The van der Waals surface area contributed by atoms with Gasteiger partial charge in [0.25, 0.3) is 5.91 Å². The van der Waals surface area contributed by atoms with E-state index < -0.39 is 5.91 Å². The summed E-state index contributed by atoms with van der Waals surface area (Å²) < 4.78 is 1.57. The molecule has 148 valence electrons. The van der Waals surface area contributed by atoms with E-state index in [2.05, 4.69) is 30.3 Å². The molecular weight excluding hydrogens is 372 g/mol. The molecule has 0 radical (unpaired) electrons. The Kier molecular flexibility index (Phi) is 5.14. The first-order chi connectivity index (χ1) is 14.1. The lowest BCUT2D eigenvalue weighted by Crippen LogP contribution is -2.38. The van der Waals surface area contributed by atoms with E-state index in [1.165, 1.54) is 12.7 Å². The van der Waals surface area contributed by atoms with Gasteiger partial charge in [-0.1, -0.05) is 12.1 Å². The molecule has 1 aromatic carbocycles. The van der Waals surface area contributed by atoms with Crippen LogP contribution in [0.4, 0.5) is 11.5 Å². The van der Waals surface area contributed by atoms with E-state index in [0.717, 1.165) is 5.82 Å². The molecule has 1 saturated heterocycles. The number of nitrogens with one attached hydrogen (secondary N) is 1. The van der Waals surface area contributed by atoms with Gasteiger partial charge in [0.15, 0.2) is 5.82 Å². The van der Waals surface area contributed by atoms with E-state index in [4.69, 9.17) is 5.73 Å². The number of hydrogen-bond acceptors (Lipinski definition) is 7. The van der Waals surface area contributed by atoms with Gasteiger partial charge in [-0.15, -0.1) is 0 Å². The van der Waals surface area contributed by atoms with Crippen LogP contribution in [0.25, 0.3) is 5.82 Å². The van der Waals surface area contributed by atoms with E-state index in [0.29, 0.717) is 43.0 Å². The summed E-state index contributed by atoms with van der Waals surface area (Å²) in [6.45, 7) is 1.37. The summed E-state index contributed by atoms with van der Waals surface area (Å²) in [5, 5.41) is 6.92. The molecule has 3 N–H and O–H groups in total. The molecule has 10 heteroatoms. The number of aromatic nitrogens is 5. The average molecular weight is 392 g/mol. The van der Waals surface area contributed by atoms with E-state index in [1.54, 1.807) is 35.3 Å². The highest BCUT2D eigenvalue weighted by molar-refractivity contribution is 6.03. The third-order valence-corrected chi connectivity index (χ3v) is 4.93. The number of piperidine rings is 1. The van der Waals surface area contributed by atoms with Crippen LogP contribution in [0.15, 0.2) is 49.3 Å². The quantitative estimate of drug-likeness (QED) is 0.662. The molecule has 0 saturated carbocycles. The van der Waals surface area contributed by atoms with Crippen LogP contribution < -0.4 is 16.0 Å². The first-order valence-electron chi connectivity index (χ1n) is 9.23. The van der Waals surface area contributed by atoms with E-state index >= 15 is 0 Å². The number of anilines is 2. The lowest BCUT2D eigenvalue weighted by atomic mass is 9.95. The largest absolute Gasteiger partial charge is 0.366 e. The number of carbonyl (C=O) groups excluding carboxylic acids is 2. The van der Waals surface area contributed by atoms with Crippen LogP contribution in [0.5, 0.6) is 0 Å². The van der Waals surface area contributed by atoms with Gasteiger partial charge in [-0.3, -0.25) is 9.59 Å². The highest BCUT2D eigenvalue weighted by atomic mass is 16.2. The van der Waals surface area contributed by atoms with Crippen molar-refractivity contribution in [1.29, 1.82) is 0 Å². The molecule has 0 spiro atoms. The van der Waals surface area contributed by atoms with Gasteiger partial charge in [0.1, 0.15) is 24.8 Å². The Morgan fingerprint density at radius 3 is 2.55 bits per heavy atom. The molecule has 0 atom stereocenters. The van der Waals surface area contributed by atoms with Crippen LogP contribution in [-0.2, 0) is 4.79 Å². The number of carbonyl (C=O) groups is 2. The number of primary amides is 1. The molecule has 1 aliphatic rings. The minimum atomic E-state index is -0.567. The molecule has 2 aromatic heterocycles. The third kappa shape index (κ3) is 4.05. The lowest BCUT2D eigenvalue weighted by molar-refractivity contribution is -0.120. The Bertz CT molecular complexity index is 1010. The second-order valence-electron chi connectivity index (χ2n) is 6.73. The zero-order valence-corrected chi connectivity index (χ0v) is 15.6. The molecule has 1 fully saturated rings. The van der Waals surface area contributed by atoms with Crippen LogP contribution in [0.3, 0.4) is 0 Å². The van der Waals surface area contributed by atoms with Gasteiger partial charge in [0, 0.05) is 25.1 Å². The first-order valence-corrected chi connectivity index (χ1v) is 9.23. The normalized spacial score (nSPS) is 14.6. The predicted molar refractivity (Wildman–Crippen MR) is 105 cm³/mol. The lowest BCUT2D eigenvalue weighted by Gasteiger charge is -2.32. The fraction of sp³-hybridized carbons (Fsp3) is 0.263. The predicted octanol–water partition coefficient (Wildman–Crippen LogP) is 1.01. The molecule has 0 bridgehead atoms. The summed E-state index contributed by atoms with van der Waals surface area (Å²) in [6.07, 6.45) is 5.86. The molecule has 2 amide bonds. The summed E-state index contributed by atoms with van der Waals surface area (Å²) in [5.74, 6) is 0.592. The number of amides is 2. The van der Waals surface area contributed by atoms with Crippen molar-refractivity contribution in [2.45, 2.75) is 12.8 Å². The zero-order valence-electron chi connectivity index (χ0n) is 15.6. The summed E-state index contributed by atoms with van der Waals surface area (Å²) in [7, 11) is 0. The highest BCUT2D eigenvalue weighted by Crippen LogP contribution is 2.24. The molecule has 0 aliphatic carbocycles. The smallest absolute Gasteiger partial charge is 0.250 e. The Balaban J connectivity index is 1.39. The Hall–Kier alpha value is -3.82. The molecule has 29 heavy (non-hydrogen) atoms. The summed E-state index contributed by atoms with van der Waals surface area (Å²) in [5.41, 5.74) is 6.13. The number of para-hydroxylation sites is 1. The van der Waals surface area contributed by atoms with Crippen LogP contribution in [-0.4, -0.2) is 49.6 Å². The van der Waals surface area contributed by atoms with Gasteiger partial charge < -0.3 is 16.0 Å². The van der Waals surface area contributed by atoms with Gasteiger partial charge in [-0.25, -0.2) is 19.6 Å². The fourth-order valence-electron chi connectivity index (χ4n) is 3.37. The summed E-state index contributed by atoms with van der Waals surface area (Å²) in [6, 6.07) is 8.59. The molecule has 3 aromatic rings. The fourth-order valence-corrected chi connectivity index (χ4v) is 3.37. The molecule has 0 unspecified atom stereocenters. The van der Waals surface area contributed by atoms with Crippen molar-refractivity contribution in [2.24, 2.45) is 11.7 Å². The van der Waals surface area contributed by atoms with E-state index in [-0.39, 0.29) is 11.8 Å². The Labute approximate surface area is 166 Å². The van der Waals surface area contributed by atoms with Crippen LogP contribution in [0, 0.1) is 5.92 Å². The van der Waals surface area contributed by atoms with Crippen LogP contribution in [0.1, 0.15) is 23.2 Å². The zero-order chi connectivity index (χ0) is 20.2. The second-order valence-corrected chi connectivity index (χ2v) is 6.73. The Morgan fingerprint density at radius 2 is 1.83 bits per heavy atom. The van der Waals surface area contributed by atoms with Gasteiger partial charge in [-0.05, 0) is 25.0 Å². The number of benzene rings is 1. The third-order valence-electron chi connectivity index (χ3n) is 4.93. The van der Waals surface area contributed by atoms with Gasteiger partial charge in [0.2, 0.25) is 5.91 Å². The maximum absolute atomic E-state index is 12.7. The van der Waals surface area contributed by atoms with Crippen molar-refractivity contribution in [3.63, 3.8) is 0 Å². The summed E-state index contributed by atoms with van der Waals surface area (Å²) >= 11 is 0. The number of nitrogens with two attached hydrogens (primary N) is 1. The van der Waals surface area contributed by atoms with Crippen molar-refractivity contribution in [3.05, 3.63) is 54.9 Å². The number of hydrogen-bond donors (Lipinski definition) is 2. The van der Waals surface area contributed by atoms with Crippen LogP contribution >= 0.6 is 0 Å². The monoisotopic (exact) mass is 392 g/mol. The van der Waals surface area contributed by atoms with Crippen molar-refractivity contribution in [1.82, 2.24) is 24.7 Å². The van der Waals surface area contributed by atoms with Gasteiger partial charge in [-0.2, -0.15) is 5.10 Å². The second kappa shape index (κ2) is 8.05. The minimum absolute atomic E-state index is 0.107. The molecule has 4 rings (SSSR count). The van der Waals surface area contributed by atoms with Crippen molar-refractivity contribution in [2.75, 3.05) is 23.3 Å². The Morgan fingerprint density at radius 1 is 1.07 bits per heavy atom. The highest BCUT2D eigenvalue weighted by Gasteiger charge is 2.26. The minimum Gasteiger partial charge on any atom is -0.366 e. The number of nitrogens with zero attached hydrogens (tertiary/aromatic N) is 6. The van der Waals surface area contributed by atoms with Gasteiger partial charge in [0.05, 0.1) is 11.3 Å². The standard InChI is InChI=1S/C19H20N8O2/c20-18(28)14-3-1-2-4-15(14)25-19(29)13-5-7-26(8-6-13)16-9-17(23-11-22-16)27-12-21-10-24-27/h1-4,9-13H,5-8H2,(H2,20,28)(H,25,29). The van der Waals surface area contributed by atoms with Gasteiger partial charge >= 0.3 is 0 Å². The van der Waals surface area contributed by atoms with Crippen LogP contribution in [0.2, 0.25) is 0 Å². The average Bonchev–Trinajstić information content (AvgIpc) is 3.29. The van der Waals surface area contributed by atoms with Crippen molar-refractivity contribution < 1.29 is 9.59 Å². The van der Waals surface area contributed by atoms with Crippen molar-refractivity contribution >= 4 is 23.3 Å². The van der Waals surface area contributed by atoms with E-state index in [9.17, 15) is 9.59 Å². The summed E-state index contributed by atoms with van der Waals surface area (Å²) in [4.78, 5) is 38.8. The molecule has 10 nitrogen and oxygen atoms in total. The van der Waals surface area contributed by atoms with Crippen molar-refractivity contribution in [3.8, 4) is 5.82 Å². The number of rotatable bonds is 5. The molecular formula is C19H20N8O2. The maximum atomic E-state index is 12.7.